The zero-order valence-electron chi connectivity index (χ0n) is 17.9. The van der Waals surface area contributed by atoms with E-state index in [2.05, 4.69) is 17.4 Å². The molecule has 0 aromatic heterocycles. The SMILES string of the molecule is COc1ccc(S(=O)(=O)N2CCCCCC2)cc1C(=O)NCCSCc1ccccc1. The molecule has 31 heavy (non-hydrogen) atoms. The van der Waals surface area contributed by atoms with E-state index in [0.717, 1.165) is 37.2 Å². The van der Waals surface area contributed by atoms with E-state index in [4.69, 9.17) is 4.74 Å². The zero-order valence-corrected chi connectivity index (χ0v) is 19.5. The fourth-order valence-corrected chi connectivity index (χ4v) is 5.92. The Hall–Kier alpha value is -2.03. The third-order valence-electron chi connectivity index (χ3n) is 5.26. The molecule has 0 spiro atoms. The average Bonchev–Trinajstić information content (AvgIpc) is 3.09. The standard InChI is InChI=1S/C23H30N2O4S2/c1-29-22-12-11-20(31(27,28)25-14-7-2-3-8-15-25)17-21(22)23(26)24-13-16-30-18-19-9-5-4-6-10-19/h4-6,9-12,17H,2-3,7-8,13-16,18H2,1H3,(H,24,26). The van der Waals surface area contributed by atoms with Crippen molar-refractivity contribution in [2.24, 2.45) is 0 Å². The molecule has 0 atom stereocenters. The summed E-state index contributed by atoms with van der Waals surface area (Å²) in [6.45, 7) is 1.53. The number of nitrogens with one attached hydrogen (secondary N) is 1. The molecule has 2 aromatic carbocycles. The van der Waals surface area contributed by atoms with Gasteiger partial charge in [-0.05, 0) is 36.6 Å². The van der Waals surface area contributed by atoms with Gasteiger partial charge in [-0.25, -0.2) is 8.42 Å². The summed E-state index contributed by atoms with van der Waals surface area (Å²) in [6, 6.07) is 14.7. The maximum absolute atomic E-state index is 13.1. The lowest BCUT2D eigenvalue weighted by Crippen LogP contribution is -2.32. The van der Waals surface area contributed by atoms with Crippen LogP contribution in [-0.2, 0) is 15.8 Å². The molecular weight excluding hydrogens is 432 g/mol. The van der Waals surface area contributed by atoms with Crippen LogP contribution in [0.4, 0.5) is 0 Å². The van der Waals surface area contributed by atoms with Gasteiger partial charge in [0.15, 0.2) is 0 Å². The third kappa shape index (κ3) is 6.48. The molecule has 0 radical (unpaired) electrons. The molecule has 0 aliphatic carbocycles. The highest BCUT2D eigenvalue weighted by Gasteiger charge is 2.27. The van der Waals surface area contributed by atoms with Gasteiger partial charge >= 0.3 is 0 Å². The molecule has 168 valence electrons. The van der Waals surface area contributed by atoms with Gasteiger partial charge in [0.25, 0.3) is 5.91 Å². The molecule has 1 amide bonds. The number of sulfonamides is 1. The summed E-state index contributed by atoms with van der Waals surface area (Å²) in [5, 5.41) is 2.88. The first-order chi connectivity index (χ1) is 15.0. The van der Waals surface area contributed by atoms with Gasteiger partial charge in [-0.1, -0.05) is 43.2 Å². The summed E-state index contributed by atoms with van der Waals surface area (Å²) < 4.78 is 33.0. The molecular formula is C23H30N2O4S2. The van der Waals surface area contributed by atoms with E-state index < -0.39 is 10.0 Å². The van der Waals surface area contributed by atoms with Gasteiger partial charge in [0.2, 0.25) is 10.0 Å². The molecule has 0 saturated carbocycles. The van der Waals surface area contributed by atoms with E-state index in [9.17, 15) is 13.2 Å². The molecule has 1 aliphatic rings. The minimum atomic E-state index is -3.63. The minimum absolute atomic E-state index is 0.138. The Morgan fingerprint density at radius 2 is 1.77 bits per heavy atom. The Kier molecular flexibility index (Phi) is 8.80. The number of carbonyl (C=O) groups excluding carboxylic acids is 1. The summed E-state index contributed by atoms with van der Waals surface area (Å²) in [4.78, 5) is 12.9. The van der Waals surface area contributed by atoms with Crippen molar-refractivity contribution >= 4 is 27.7 Å². The van der Waals surface area contributed by atoms with Crippen molar-refractivity contribution in [3.8, 4) is 5.75 Å². The third-order valence-corrected chi connectivity index (χ3v) is 8.19. The van der Waals surface area contributed by atoms with Crippen molar-refractivity contribution in [2.75, 3.05) is 32.5 Å². The molecule has 1 aliphatic heterocycles. The van der Waals surface area contributed by atoms with Crippen LogP contribution in [0.25, 0.3) is 0 Å². The first kappa shape index (κ1) is 23.6. The topological polar surface area (TPSA) is 75.7 Å². The Labute approximate surface area is 189 Å². The number of thioether (sulfide) groups is 1. The lowest BCUT2D eigenvalue weighted by Gasteiger charge is -2.20. The van der Waals surface area contributed by atoms with Crippen molar-refractivity contribution in [2.45, 2.75) is 36.3 Å². The number of hydrogen-bond donors (Lipinski definition) is 1. The summed E-state index contributed by atoms with van der Waals surface area (Å²) in [5.74, 6) is 1.67. The maximum Gasteiger partial charge on any atom is 0.255 e. The number of rotatable bonds is 9. The van der Waals surface area contributed by atoms with Gasteiger partial charge in [0.1, 0.15) is 5.75 Å². The molecule has 1 N–H and O–H groups in total. The molecule has 1 fully saturated rings. The second-order valence-corrected chi connectivity index (χ2v) is 10.5. The van der Waals surface area contributed by atoms with Gasteiger partial charge in [-0.15, -0.1) is 0 Å². The quantitative estimate of drug-likeness (QED) is 0.572. The van der Waals surface area contributed by atoms with E-state index >= 15 is 0 Å². The van der Waals surface area contributed by atoms with Crippen LogP contribution in [0.15, 0.2) is 53.4 Å². The van der Waals surface area contributed by atoms with Crippen LogP contribution >= 0.6 is 11.8 Å². The van der Waals surface area contributed by atoms with Gasteiger partial charge in [-0.3, -0.25) is 4.79 Å². The summed E-state index contributed by atoms with van der Waals surface area (Å²) in [6.07, 6.45) is 3.82. The molecule has 0 unspecified atom stereocenters. The fourth-order valence-electron chi connectivity index (χ4n) is 3.55. The Morgan fingerprint density at radius 1 is 1.06 bits per heavy atom. The maximum atomic E-state index is 13.1. The highest BCUT2D eigenvalue weighted by molar-refractivity contribution is 7.98. The number of amides is 1. The van der Waals surface area contributed by atoms with E-state index in [1.54, 1.807) is 17.8 Å². The zero-order chi connectivity index (χ0) is 22.1. The first-order valence-electron chi connectivity index (χ1n) is 10.6. The molecule has 1 saturated heterocycles. The van der Waals surface area contributed by atoms with Crippen molar-refractivity contribution in [1.82, 2.24) is 9.62 Å². The Morgan fingerprint density at radius 3 is 2.45 bits per heavy atom. The van der Waals surface area contributed by atoms with Crippen LogP contribution in [0.1, 0.15) is 41.6 Å². The molecule has 6 nitrogen and oxygen atoms in total. The van der Waals surface area contributed by atoms with Crippen LogP contribution in [0.5, 0.6) is 5.75 Å². The van der Waals surface area contributed by atoms with Gasteiger partial charge in [0.05, 0.1) is 17.6 Å². The van der Waals surface area contributed by atoms with Crippen molar-refractivity contribution < 1.29 is 17.9 Å². The number of carbonyl (C=O) groups is 1. The lowest BCUT2D eigenvalue weighted by atomic mass is 10.2. The van der Waals surface area contributed by atoms with E-state index in [1.165, 1.54) is 29.1 Å². The summed E-state index contributed by atoms with van der Waals surface area (Å²) in [7, 11) is -2.16. The first-order valence-corrected chi connectivity index (χ1v) is 13.2. The van der Waals surface area contributed by atoms with Crippen molar-refractivity contribution in [3.63, 3.8) is 0 Å². The van der Waals surface area contributed by atoms with E-state index in [-0.39, 0.29) is 16.4 Å². The van der Waals surface area contributed by atoms with E-state index in [0.29, 0.717) is 25.4 Å². The Bertz CT molecular complexity index is 957. The predicted octanol–water partition coefficient (Wildman–Crippen LogP) is 3.92. The second kappa shape index (κ2) is 11.5. The number of nitrogens with zero attached hydrogens (tertiary/aromatic N) is 1. The highest BCUT2D eigenvalue weighted by atomic mass is 32.2. The normalized spacial score (nSPS) is 15.3. The summed E-state index contributed by atoms with van der Waals surface area (Å²) >= 11 is 1.73. The van der Waals surface area contributed by atoms with Crippen molar-refractivity contribution in [1.29, 1.82) is 0 Å². The van der Waals surface area contributed by atoms with Gasteiger partial charge in [-0.2, -0.15) is 16.1 Å². The van der Waals surface area contributed by atoms with Crippen LogP contribution < -0.4 is 10.1 Å². The number of methoxy groups -OCH3 is 1. The fraction of sp³-hybridized carbons (Fsp3) is 0.435. The monoisotopic (exact) mass is 462 g/mol. The highest BCUT2D eigenvalue weighted by Crippen LogP contribution is 2.26. The number of ether oxygens (including phenoxy) is 1. The molecule has 3 rings (SSSR count). The van der Waals surface area contributed by atoms with E-state index in [1.807, 2.05) is 18.2 Å². The average molecular weight is 463 g/mol. The predicted molar refractivity (Wildman–Crippen MR) is 125 cm³/mol. The largest absolute Gasteiger partial charge is 0.496 e. The van der Waals surface area contributed by atoms with Crippen LogP contribution in [0, 0.1) is 0 Å². The van der Waals surface area contributed by atoms with Crippen LogP contribution in [-0.4, -0.2) is 51.1 Å². The van der Waals surface area contributed by atoms with Crippen molar-refractivity contribution in [3.05, 3.63) is 59.7 Å². The van der Waals surface area contributed by atoms with Crippen LogP contribution in [0.3, 0.4) is 0 Å². The lowest BCUT2D eigenvalue weighted by molar-refractivity contribution is 0.0953. The smallest absolute Gasteiger partial charge is 0.255 e. The molecule has 8 heteroatoms. The number of benzene rings is 2. The number of hydrogen-bond acceptors (Lipinski definition) is 5. The van der Waals surface area contributed by atoms with Crippen LogP contribution in [0.2, 0.25) is 0 Å². The summed E-state index contributed by atoms with van der Waals surface area (Å²) in [5.41, 5.74) is 1.48. The molecule has 0 bridgehead atoms. The van der Waals surface area contributed by atoms with Gasteiger partial charge < -0.3 is 10.1 Å². The minimum Gasteiger partial charge on any atom is -0.496 e. The second-order valence-electron chi connectivity index (χ2n) is 7.47. The van der Waals surface area contributed by atoms with Gasteiger partial charge in [0, 0.05) is 31.1 Å². The molecule has 2 aromatic rings. The molecule has 1 heterocycles. The Balaban J connectivity index is 1.63.